The molecule has 0 heterocycles. The number of likely N-dealkylation sites (N-methyl/N-ethyl adjacent to an activating group) is 1. The first kappa shape index (κ1) is 12.5. The molecule has 0 bridgehead atoms. The Bertz CT molecular complexity index is 173. The van der Waals surface area contributed by atoms with Gasteiger partial charge in [-0.2, -0.15) is 0 Å². The molecule has 4 nitrogen and oxygen atoms in total. The Balaban J connectivity index is 4.33. The molecule has 0 saturated heterocycles. The van der Waals surface area contributed by atoms with E-state index in [1.807, 2.05) is 13.8 Å². The second-order valence-electron chi connectivity index (χ2n) is 3.78. The highest BCUT2D eigenvalue weighted by Crippen LogP contribution is 2.11. The first-order valence-corrected chi connectivity index (χ1v) is 4.49. The Hall–Kier alpha value is -0.545. The number of carbonyl (C=O) groups is 1. The molecule has 13 heavy (non-hydrogen) atoms. The lowest BCUT2D eigenvalue weighted by atomic mass is 9.82. The Morgan fingerprint density at radius 1 is 1.54 bits per heavy atom. The van der Waals surface area contributed by atoms with Gasteiger partial charge in [0.05, 0.1) is 0 Å². The van der Waals surface area contributed by atoms with Crippen LogP contribution in [0.25, 0.3) is 0 Å². The van der Waals surface area contributed by atoms with Crippen molar-refractivity contribution in [2.75, 3.05) is 7.05 Å². The van der Waals surface area contributed by atoms with E-state index < -0.39 is 19.1 Å². The maximum absolute atomic E-state index is 10.8. The molecule has 0 spiro atoms. The molecule has 0 amide bonds. The Kier molecular flexibility index (Phi) is 5.02. The van der Waals surface area contributed by atoms with Crippen LogP contribution < -0.4 is 0 Å². The summed E-state index contributed by atoms with van der Waals surface area (Å²) in [6.45, 7) is 5.49. The van der Waals surface area contributed by atoms with Crippen molar-refractivity contribution in [1.29, 1.82) is 0 Å². The molecule has 0 rings (SSSR count). The molecule has 0 unspecified atom stereocenters. The molecule has 0 radical (unpaired) electrons. The zero-order valence-electron chi connectivity index (χ0n) is 8.69. The molecule has 2 N–H and O–H groups in total. The van der Waals surface area contributed by atoms with E-state index in [1.54, 1.807) is 13.9 Å². The minimum Gasteiger partial charge on any atom is -0.480 e. The van der Waals surface area contributed by atoms with Crippen molar-refractivity contribution in [3.63, 3.8) is 0 Å². The SMILES string of the molecule is CB(O)N(C)[C@@H](CC(C)C)C(=O)O. The number of rotatable bonds is 5. The second kappa shape index (κ2) is 5.24. The van der Waals surface area contributed by atoms with Crippen LogP contribution in [0.1, 0.15) is 20.3 Å². The minimum absolute atomic E-state index is 0.308. The fraction of sp³-hybridized carbons (Fsp3) is 0.875. The van der Waals surface area contributed by atoms with E-state index in [9.17, 15) is 9.82 Å². The minimum atomic E-state index is -0.878. The highest BCUT2D eigenvalue weighted by atomic mass is 16.4. The summed E-state index contributed by atoms with van der Waals surface area (Å²) < 4.78 is 0. The molecule has 0 aromatic carbocycles. The Labute approximate surface area is 79.7 Å². The average molecular weight is 187 g/mol. The molecule has 76 valence electrons. The van der Waals surface area contributed by atoms with E-state index in [1.165, 1.54) is 4.81 Å². The zero-order valence-corrected chi connectivity index (χ0v) is 8.69. The van der Waals surface area contributed by atoms with Gasteiger partial charge in [0.1, 0.15) is 6.04 Å². The van der Waals surface area contributed by atoms with Gasteiger partial charge in [-0.05, 0) is 26.2 Å². The smallest absolute Gasteiger partial charge is 0.376 e. The van der Waals surface area contributed by atoms with E-state index in [4.69, 9.17) is 5.11 Å². The maximum atomic E-state index is 10.8. The molecular formula is C8H18BNO3. The third-order valence-electron chi connectivity index (χ3n) is 2.06. The number of carboxylic acids is 1. The van der Waals surface area contributed by atoms with Gasteiger partial charge in [-0.15, -0.1) is 0 Å². The maximum Gasteiger partial charge on any atom is 0.376 e. The molecule has 0 aromatic heterocycles. The lowest BCUT2D eigenvalue weighted by molar-refractivity contribution is -0.142. The number of hydrogen-bond acceptors (Lipinski definition) is 3. The number of nitrogens with zero attached hydrogens (tertiary/aromatic N) is 1. The fourth-order valence-electron chi connectivity index (χ4n) is 1.15. The predicted molar refractivity (Wildman–Crippen MR) is 52.5 cm³/mol. The van der Waals surface area contributed by atoms with Crippen molar-refractivity contribution < 1.29 is 14.9 Å². The second-order valence-corrected chi connectivity index (χ2v) is 3.78. The summed E-state index contributed by atoms with van der Waals surface area (Å²) in [6.07, 6.45) is 0.552. The van der Waals surface area contributed by atoms with E-state index in [0.29, 0.717) is 12.3 Å². The van der Waals surface area contributed by atoms with E-state index in [-0.39, 0.29) is 0 Å². The van der Waals surface area contributed by atoms with Gasteiger partial charge in [-0.25, -0.2) is 0 Å². The molecule has 0 aliphatic carbocycles. The molecule has 0 aliphatic rings. The standard InChI is InChI=1S/C8H18BNO3/c1-6(2)5-7(8(11)12)10(4)9(3)13/h6-7,13H,5H2,1-4H3,(H,11,12)/t7-/m0/s1. The van der Waals surface area contributed by atoms with Crippen molar-refractivity contribution in [3.8, 4) is 0 Å². The molecule has 0 aliphatic heterocycles. The average Bonchev–Trinajstić information content (AvgIpc) is 1.97. The van der Waals surface area contributed by atoms with Crippen molar-refractivity contribution in [3.05, 3.63) is 0 Å². The molecule has 0 fully saturated rings. The van der Waals surface area contributed by atoms with Crippen LogP contribution in [0.5, 0.6) is 0 Å². The number of carboxylic acid groups (broad SMARTS) is 1. The highest BCUT2D eigenvalue weighted by molar-refractivity contribution is 6.45. The van der Waals surface area contributed by atoms with E-state index in [2.05, 4.69) is 0 Å². The van der Waals surface area contributed by atoms with E-state index >= 15 is 0 Å². The van der Waals surface area contributed by atoms with Gasteiger partial charge in [0, 0.05) is 0 Å². The fourth-order valence-corrected chi connectivity index (χ4v) is 1.15. The van der Waals surface area contributed by atoms with Crippen LogP contribution in [0, 0.1) is 5.92 Å². The molecule has 1 atom stereocenters. The summed E-state index contributed by atoms with van der Waals surface area (Å²) in [7, 11) is 0.895. The predicted octanol–water partition coefficient (Wildman–Crippen LogP) is 0.528. The van der Waals surface area contributed by atoms with Crippen LogP contribution in [0.4, 0.5) is 0 Å². The van der Waals surface area contributed by atoms with E-state index in [0.717, 1.165) is 0 Å². The van der Waals surface area contributed by atoms with Crippen molar-refractivity contribution >= 4 is 13.0 Å². The highest BCUT2D eigenvalue weighted by Gasteiger charge is 2.27. The van der Waals surface area contributed by atoms with Gasteiger partial charge in [0.25, 0.3) is 0 Å². The Morgan fingerprint density at radius 2 is 2.00 bits per heavy atom. The zero-order chi connectivity index (χ0) is 10.6. The van der Waals surface area contributed by atoms with Crippen LogP contribution in [0.15, 0.2) is 0 Å². The van der Waals surface area contributed by atoms with Crippen molar-refractivity contribution in [2.24, 2.45) is 5.92 Å². The summed E-state index contributed by atoms with van der Waals surface area (Å²) in [4.78, 5) is 12.3. The first-order chi connectivity index (χ1) is 5.86. The van der Waals surface area contributed by atoms with Crippen molar-refractivity contribution in [1.82, 2.24) is 4.81 Å². The van der Waals surface area contributed by atoms with Gasteiger partial charge in [-0.1, -0.05) is 13.8 Å². The number of aliphatic carboxylic acids is 1. The molecule has 0 saturated carbocycles. The lowest BCUT2D eigenvalue weighted by Gasteiger charge is -2.26. The van der Waals surface area contributed by atoms with Crippen LogP contribution in [-0.4, -0.2) is 41.1 Å². The summed E-state index contributed by atoms with van der Waals surface area (Å²) in [5.74, 6) is -0.570. The summed E-state index contributed by atoms with van der Waals surface area (Å²) in [5.41, 5.74) is 0. The van der Waals surface area contributed by atoms with Crippen LogP contribution in [-0.2, 0) is 4.79 Å². The summed E-state index contributed by atoms with van der Waals surface area (Å²) in [6, 6.07) is -0.597. The first-order valence-electron chi connectivity index (χ1n) is 4.49. The third-order valence-corrected chi connectivity index (χ3v) is 2.06. The quantitative estimate of drug-likeness (QED) is 0.616. The van der Waals surface area contributed by atoms with Crippen molar-refractivity contribution in [2.45, 2.75) is 33.1 Å². The molecule has 5 heteroatoms. The van der Waals surface area contributed by atoms with Crippen LogP contribution in [0.3, 0.4) is 0 Å². The van der Waals surface area contributed by atoms with Gasteiger partial charge >= 0.3 is 13.0 Å². The van der Waals surface area contributed by atoms with Gasteiger partial charge in [0.15, 0.2) is 0 Å². The monoisotopic (exact) mass is 187 g/mol. The molecular weight excluding hydrogens is 169 g/mol. The van der Waals surface area contributed by atoms with Crippen LogP contribution >= 0.6 is 0 Å². The summed E-state index contributed by atoms with van der Waals surface area (Å²) in [5, 5.41) is 18.1. The molecule has 0 aromatic rings. The lowest BCUT2D eigenvalue weighted by Crippen LogP contribution is -2.46. The third kappa shape index (κ3) is 4.29. The van der Waals surface area contributed by atoms with Gasteiger partial charge in [0.2, 0.25) is 0 Å². The number of hydrogen-bond donors (Lipinski definition) is 2. The summed E-state index contributed by atoms with van der Waals surface area (Å²) >= 11 is 0. The topological polar surface area (TPSA) is 60.8 Å². The van der Waals surface area contributed by atoms with Gasteiger partial charge < -0.3 is 14.9 Å². The van der Waals surface area contributed by atoms with Crippen LogP contribution in [0.2, 0.25) is 6.82 Å². The van der Waals surface area contributed by atoms with Gasteiger partial charge in [-0.3, -0.25) is 4.79 Å². The largest absolute Gasteiger partial charge is 0.480 e. The Morgan fingerprint density at radius 3 is 2.23 bits per heavy atom. The normalized spacial score (nSPS) is 13.5.